The fourth-order valence-corrected chi connectivity index (χ4v) is 3.45. The summed E-state index contributed by atoms with van der Waals surface area (Å²) in [6, 6.07) is 5.80. The molecule has 0 bridgehead atoms. The van der Waals surface area contributed by atoms with Gasteiger partial charge >= 0.3 is 0 Å². The summed E-state index contributed by atoms with van der Waals surface area (Å²) in [7, 11) is -4.06. The van der Waals surface area contributed by atoms with Gasteiger partial charge in [0.1, 0.15) is 0 Å². The molecule has 114 valence electrons. The van der Waals surface area contributed by atoms with Gasteiger partial charge in [0.15, 0.2) is 5.03 Å². The molecule has 6 nitrogen and oxygen atoms in total. The Morgan fingerprint density at radius 1 is 1.38 bits per heavy atom. The number of aliphatic hydroxyl groups excluding tert-OH is 1. The van der Waals surface area contributed by atoms with Crippen LogP contribution in [0.15, 0.2) is 40.4 Å². The highest BCUT2D eigenvalue weighted by molar-refractivity contribution is 7.99. The monoisotopic (exact) mass is 335 g/mol. The number of sulfonamides is 1. The lowest BCUT2D eigenvalue weighted by molar-refractivity contribution is 0.252. The molecular formula is C11H11F2N3O3S2. The Kier molecular flexibility index (Phi) is 4.80. The molecule has 10 heteroatoms. The molecule has 0 aliphatic heterocycles. The number of thioether (sulfide) groups is 1. The van der Waals surface area contributed by atoms with Gasteiger partial charge in [-0.15, -0.1) is 0 Å². The minimum absolute atomic E-state index is 0.0290. The number of hydrogen-bond acceptors (Lipinski definition) is 5. The smallest absolute Gasteiger partial charge is 0.288 e. The number of aromatic amines is 1. The second-order valence-corrected chi connectivity index (χ2v) is 6.51. The summed E-state index contributed by atoms with van der Waals surface area (Å²) >= 11 is 0.237. The van der Waals surface area contributed by atoms with Crippen LogP contribution in [0, 0.1) is 0 Å². The molecule has 21 heavy (non-hydrogen) atoms. The van der Waals surface area contributed by atoms with Gasteiger partial charge in [0.25, 0.3) is 15.8 Å². The van der Waals surface area contributed by atoms with Gasteiger partial charge < -0.3 is 5.11 Å². The zero-order valence-corrected chi connectivity index (χ0v) is 12.1. The maximum Gasteiger partial charge on any atom is 0.288 e. The Hall–Kier alpha value is -1.65. The molecule has 1 heterocycles. The summed E-state index contributed by atoms with van der Waals surface area (Å²) in [5.74, 6) is -2.67. The number of aromatic nitrogens is 2. The highest BCUT2D eigenvalue weighted by Crippen LogP contribution is 2.32. The zero-order chi connectivity index (χ0) is 15.5. The molecule has 3 N–H and O–H groups in total. The Morgan fingerprint density at radius 2 is 2.10 bits per heavy atom. The number of nitrogens with zero attached hydrogens (tertiary/aromatic N) is 1. The van der Waals surface area contributed by atoms with E-state index in [9.17, 15) is 17.2 Å². The van der Waals surface area contributed by atoms with Crippen LogP contribution in [0.3, 0.4) is 0 Å². The first-order valence-electron chi connectivity index (χ1n) is 5.64. The minimum Gasteiger partial charge on any atom is -0.392 e. The van der Waals surface area contributed by atoms with Crippen molar-refractivity contribution in [2.24, 2.45) is 0 Å². The van der Waals surface area contributed by atoms with Crippen molar-refractivity contribution in [3.8, 4) is 0 Å². The molecule has 0 saturated heterocycles. The third-order valence-electron chi connectivity index (χ3n) is 2.46. The summed E-state index contributed by atoms with van der Waals surface area (Å²) in [4.78, 5) is 0.0983. The predicted octanol–water partition coefficient (Wildman–Crippen LogP) is 2.02. The number of aliphatic hydroxyl groups is 1. The van der Waals surface area contributed by atoms with Crippen molar-refractivity contribution in [1.29, 1.82) is 0 Å². The van der Waals surface area contributed by atoms with Crippen molar-refractivity contribution >= 4 is 27.5 Å². The molecular weight excluding hydrogens is 324 g/mol. The van der Waals surface area contributed by atoms with Crippen molar-refractivity contribution in [3.05, 3.63) is 36.0 Å². The second kappa shape index (κ2) is 6.41. The van der Waals surface area contributed by atoms with Gasteiger partial charge in [0.05, 0.1) is 18.5 Å². The SMILES string of the molecule is O=S(=O)(Nc1ccccc1SC(F)F)c1[nH]ncc1CO. The molecule has 0 saturated carbocycles. The molecule has 0 aliphatic rings. The highest BCUT2D eigenvalue weighted by atomic mass is 32.2. The summed E-state index contributed by atoms with van der Waals surface area (Å²) < 4.78 is 51.5. The lowest BCUT2D eigenvalue weighted by Gasteiger charge is -2.11. The number of hydrogen-bond donors (Lipinski definition) is 3. The number of alkyl halides is 2. The van der Waals surface area contributed by atoms with Gasteiger partial charge in [-0.05, 0) is 12.1 Å². The Balaban J connectivity index is 2.33. The van der Waals surface area contributed by atoms with Gasteiger partial charge in [-0.1, -0.05) is 23.9 Å². The Morgan fingerprint density at radius 3 is 2.76 bits per heavy atom. The maximum atomic E-state index is 12.5. The van der Waals surface area contributed by atoms with Crippen molar-refractivity contribution in [2.75, 3.05) is 4.72 Å². The van der Waals surface area contributed by atoms with Crippen molar-refractivity contribution in [1.82, 2.24) is 10.2 Å². The van der Waals surface area contributed by atoms with E-state index in [1.165, 1.54) is 30.5 Å². The van der Waals surface area contributed by atoms with Crippen LogP contribution in [0.1, 0.15) is 5.56 Å². The van der Waals surface area contributed by atoms with Gasteiger partial charge in [-0.25, -0.2) is 0 Å². The summed E-state index contributed by atoms with van der Waals surface area (Å²) in [6.45, 7) is -0.514. The maximum absolute atomic E-state index is 12.5. The van der Waals surface area contributed by atoms with E-state index in [0.717, 1.165) is 0 Å². The molecule has 0 amide bonds. The van der Waals surface area contributed by atoms with Crippen LogP contribution in [0.5, 0.6) is 0 Å². The number of rotatable bonds is 6. The summed E-state index contributed by atoms with van der Waals surface area (Å²) in [6.07, 6.45) is 1.17. The van der Waals surface area contributed by atoms with E-state index in [0.29, 0.717) is 0 Å². The molecule has 0 radical (unpaired) electrons. The van der Waals surface area contributed by atoms with Crippen LogP contribution in [0.25, 0.3) is 0 Å². The summed E-state index contributed by atoms with van der Waals surface area (Å²) in [5.41, 5.74) is 0.114. The van der Waals surface area contributed by atoms with Crippen molar-refractivity contribution < 1.29 is 22.3 Å². The number of benzene rings is 1. The van der Waals surface area contributed by atoms with Crippen LogP contribution in [0.4, 0.5) is 14.5 Å². The first-order valence-corrected chi connectivity index (χ1v) is 8.00. The molecule has 0 atom stereocenters. The molecule has 1 aromatic heterocycles. The van der Waals surface area contributed by atoms with E-state index in [-0.39, 0.29) is 32.9 Å². The molecule has 0 fully saturated rings. The first-order chi connectivity index (χ1) is 9.94. The molecule has 2 aromatic rings. The van der Waals surface area contributed by atoms with Crippen LogP contribution < -0.4 is 4.72 Å². The van der Waals surface area contributed by atoms with Gasteiger partial charge in [0, 0.05) is 10.5 Å². The van der Waals surface area contributed by atoms with Crippen molar-refractivity contribution in [2.45, 2.75) is 22.3 Å². The third-order valence-corrected chi connectivity index (χ3v) is 4.63. The highest BCUT2D eigenvalue weighted by Gasteiger charge is 2.22. The number of para-hydroxylation sites is 1. The lowest BCUT2D eigenvalue weighted by Crippen LogP contribution is -2.15. The Labute approximate surface area is 123 Å². The average molecular weight is 335 g/mol. The third kappa shape index (κ3) is 3.71. The number of anilines is 1. The fraction of sp³-hybridized carbons (Fsp3) is 0.182. The molecule has 2 rings (SSSR count). The van der Waals surface area contributed by atoms with Crippen LogP contribution >= 0.6 is 11.8 Å². The van der Waals surface area contributed by atoms with E-state index in [1.54, 1.807) is 0 Å². The lowest BCUT2D eigenvalue weighted by atomic mass is 10.3. The number of H-pyrrole nitrogens is 1. The summed E-state index contributed by atoms with van der Waals surface area (Å²) in [5, 5.41) is 14.6. The zero-order valence-electron chi connectivity index (χ0n) is 10.5. The largest absolute Gasteiger partial charge is 0.392 e. The predicted molar refractivity (Wildman–Crippen MR) is 73.6 cm³/mol. The minimum atomic E-state index is -4.06. The van der Waals surface area contributed by atoms with Gasteiger partial charge in [-0.3, -0.25) is 9.82 Å². The van der Waals surface area contributed by atoms with Crippen LogP contribution in [-0.2, 0) is 16.6 Å². The van der Waals surface area contributed by atoms with Crippen LogP contribution in [0.2, 0.25) is 0 Å². The van der Waals surface area contributed by atoms with Gasteiger partial charge in [-0.2, -0.15) is 22.3 Å². The molecule has 0 aliphatic carbocycles. The topological polar surface area (TPSA) is 95.1 Å². The standard InChI is InChI=1S/C11H11F2N3O3S2/c12-11(13)20-9-4-2-1-3-8(9)16-21(18,19)10-7(6-17)5-14-15-10/h1-5,11,16-17H,6H2,(H,14,15). The fourth-order valence-electron chi connectivity index (χ4n) is 1.59. The van der Waals surface area contributed by atoms with E-state index < -0.39 is 22.4 Å². The molecule has 1 aromatic carbocycles. The average Bonchev–Trinajstić information content (AvgIpc) is 2.89. The number of nitrogens with one attached hydrogen (secondary N) is 2. The van der Waals surface area contributed by atoms with E-state index >= 15 is 0 Å². The van der Waals surface area contributed by atoms with E-state index in [1.807, 2.05) is 0 Å². The molecule has 0 unspecified atom stereocenters. The quantitative estimate of drug-likeness (QED) is 0.702. The van der Waals surface area contributed by atoms with Crippen molar-refractivity contribution in [3.63, 3.8) is 0 Å². The van der Waals surface area contributed by atoms with E-state index in [2.05, 4.69) is 14.9 Å². The van der Waals surface area contributed by atoms with Gasteiger partial charge in [0.2, 0.25) is 0 Å². The second-order valence-electron chi connectivity index (χ2n) is 3.86. The molecule has 0 spiro atoms. The Bertz CT molecular complexity index is 719. The first kappa shape index (κ1) is 15.7. The van der Waals surface area contributed by atoms with Crippen LogP contribution in [-0.4, -0.2) is 29.5 Å². The van der Waals surface area contributed by atoms with E-state index in [4.69, 9.17) is 5.11 Å². The normalized spacial score (nSPS) is 11.8. The number of halogens is 2.